The van der Waals surface area contributed by atoms with Crippen LogP contribution in [-0.2, 0) is 17.5 Å². The molecule has 1 aliphatic heterocycles. The zero-order valence-electron chi connectivity index (χ0n) is 14.9. The van der Waals surface area contributed by atoms with E-state index >= 15 is 0 Å². The van der Waals surface area contributed by atoms with Gasteiger partial charge < -0.3 is 14.7 Å². The molecule has 1 heterocycles. The van der Waals surface area contributed by atoms with Gasteiger partial charge in [-0.3, -0.25) is 4.79 Å². The number of nitrogens with zero attached hydrogens (tertiary/aromatic N) is 1. The van der Waals surface area contributed by atoms with E-state index in [1.54, 1.807) is 0 Å². The van der Waals surface area contributed by atoms with E-state index in [1.165, 1.54) is 11.0 Å². The van der Waals surface area contributed by atoms with Crippen molar-refractivity contribution in [2.24, 2.45) is 17.8 Å². The van der Waals surface area contributed by atoms with Crippen LogP contribution in [0.15, 0.2) is 18.2 Å². The Morgan fingerprint density at radius 2 is 2.04 bits per heavy atom. The van der Waals surface area contributed by atoms with Crippen LogP contribution in [0.25, 0.3) is 0 Å². The largest absolute Gasteiger partial charge is 0.473 e. The molecule has 2 aliphatic rings. The summed E-state index contributed by atoms with van der Waals surface area (Å²) >= 11 is 0. The monoisotopic (exact) mass is 371 g/mol. The SMILES string of the molecule is CC(C)[C@@H]1CCC(O)C[C@H]1C(=O)N1COc2ccc(C(F)(F)F)cc2C1. The molecule has 26 heavy (non-hydrogen) atoms. The highest BCUT2D eigenvalue weighted by Crippen LogP contribution is 2.38. The van der Waals surface area contributed by atoms with Crippen molar-refractivity contribution in [3.05, 3.63) is 29.3 Å². The molecule has 1 unspecified atom stereocenters. The van der Waals surface area contributed by atoms with Gasteiger partial charge in [-0.15, -0.1) is 0 Å². The van der Waals surface area contributed by atoms with Gasteiger partial charge >= 0.3 is 6.18 Å². The smallest absolute Gasteiger partial charge is 0.416 e. The number of halogens is 3. The van der Waals surface area contributed by atoms with Crippen molar-refractivity contribution >= 4 is 5.91 Å². The normalized spacial score (nSPS) is 26.4. The van der Waals surface area contributed by atoms with Crippen LogP contribution >= 0.6 is 0 Å². The predicted octanol–water partition coefficient (Wildman–Crippen LogP) is 3.82. The van der Waals surface area contributed by atoms with Gasteiger partial charge in [0.2, 0.25) is 5.91 Å². The number of fused-ring (bicyclic) bond motifs is 1. The summed E-state index contributed by atoms with van der Waals surface area (Å²) in [6.07, 6.45) is -3.08. The Bertz CT molecular complexity index is 674. The van der Waals surface area contributed by atoms with Crippen molar-refractivity contribution in [3.8, 4) is 5.75 Å². The molecule has 1 N–H and O–H groups in total. The highest BCUT2D eigenvalue weighted by atomic mass is 19.4. The molecule has 0 radical (unpaired) electrons. The first-order valence-corrected chi connectivity index (χ1v) is 8.96. The van der Waals surface area contributed by atoms with Crippen LogP contribution in [0.5, 0.6) is 5.75 Å². The Morgan fingerprint density at radius 3 is 2.69 bits per heavy atom. The van der Waals surface area contributed by atoms with E-state index in [4.69, 9.17) is 4.74 Å². The van der Waals surface area contributed by atoms with Gasteiger partial charge in [-0.2, -0.15) is 13.2 Å². The number of carbonyl (C=O) groups excluding carboxylic acids is 1. The lowest BCUT2D eigenvalue weighted by Gasteiger charge is -2.39. The molecule has 4 nitrogen and oxygen atoms in total. The summed E-state index contributed by atoms with van der Waals surface area (Å²) in [5.74, 6) is 0.367. The van der Waals surface area contributed by atoms with Crippen molar-refractivity contribution in [2.75, 3.05) is 6.73 Å². The summed E-state index contributed by atoms with van der Waals surface area (Å²) in [5, 5.41) is 9.98. The quantitative estimate of drug-likeness (QED) is 0.860. The second kappa shape index (κ2) is 7.10. The minimum Gasteiger partial charge on any atom is -0.473 e. The fourth-order valence-corrected chi connectivity index (χ4v) is 4.05. The third-order valence-corrected chi connectivity index (χ3v) is 5.49. The number of benzene rings is 1. The Morgan fingerprint density at radius 1 is 1.31 bits per heavy atom. The van der Waals surface area contributed by atoms with Gasteiger partial charge in [0.25, 0.3) is 0 Å². The lowest BCUT2D eigenvalue weighted by Crippen LogP contribution is -2.46. The molecular weight excluding hydrogens is 347 g/mol. The highest BCUT2D eigenvalue weighted by Gasteiger charge is 2.39. The summed E-state index contributed by atoms with van der Waals surface area (Å²) in [4.78, 5) is 14.5. The average Bonchev–Trinajstić information content (AvgIpc) is 2.59. The minimum absolute atomic E-state index is 0.0224. The molecular formula is C19H24F3NO3. The standard InChI is InChI=1S/C19H24F3NO3/c1-11(2)15-5-4-14(24)8-16(15)18(25)23-9-12-7-13(19(20,21)22)3-6-17(12)26-10-23/h3,6-7,11,14-16,24H,4-5,8-10H2,1-2H3/t14?,15-,16+/m0/s1. The summed E-state index contributed by atoms with van der Waals surface area (Å²) in [6, 6.07) is 3.34. The molecule has 7 heteroatoms. The number of amides is 1. The van der Waals surface area contributed by atoms with Gasteiger partial charge in [0.05, 0.1) is 18.2 Å². The number of ether oxygens (including phenoxy) is 1. The Kier molecular flexibility index (Phi) is 5.19. The van der Waals surface area contributed by atoms with E-state index in [9.17, 15) is 23.1 Å². The second-order valence-corrected chi connectivity index (χ2v) is 7.61. The van der Waals surface area contributed by atoms with Gasteiger partial charge in [-0.25, -0.2) is 0 Å². The first kappa shape index (κ1) is 19.0. The molecule has 0 aromatic heterocycles. The predicted molar refractivity (Wildman–Crippen MR) is 89.2 cm³/mol. The van der Waals surface area contributed by atoms with Gasteiger partial charge in [-0.05, 0) is 49.3 Å². The van der Waals surface area contributed by atoms with Crippen molar-refractivity contribution in [1.29, 1.82) is 0 Å². The molecule has 1 aromatic rings. The Labute approximate surface area is 150 Å². The summed E-state index contributed by atoms with van der Waals surface area (Å²) < 4.78 is 44.3. The fourth-order valence-electron chi connectivity index (χ4n) is 4.05. The van der Waals surface area contributed by atoms with Crippen LogP contribution in [0.2, 0.25) is 0 Å². The van der Waals surface area contributed by atoms with Crippen molar-refractivity contribution in [2.45, 2.75) is 51.9 Å². The average molecular weight is 371 g/mol. The van der Waals surface area contributed by atoms with Crippen molar-refractivity contribution in [3.63, 3.8) is 0 Å². The molecule has 1 aliphatic carbocycles. The number of hydrogen-bond acceptors (Lipinski definition) is 3. The lowest BCUT2D eigenvalue weighted by atomic mass is 9.72. The van der Waals surface area contributed by atoms with Gasteiger partial charge in [0, 0.05) is 11.5 Å². The zero-order valence-corrected chi connectivity index (χ0v) is 14.9. The molecule has 144 valence electrons. The summed E-state index contributed by atoms with van der Waals surface area (Å²) in [7, 11) is 0. The van der Waals surface area contributed by atoms with E-state index in [1.807, 2.05) is 0 Å². The molecule has 0 saturated heterocycles. The first-order chi connectivity index (χ1) is 12.2. The molecule has 0 bridgehead atoms. The van der Waals surface area contributed by atoms with E-state index < -0.39 is 17.8 Å². The van der Waals surface area contributed by atoms with Crippen molar-refractivity contribution < 1.29 is 27.8 Å². The number of aliphatic hydroxyl groups is 1. The number of hydrogen-bond donors (Lipinski definition) is 1. The van der Waals surface area contributed by atoms with Crippen LogP contribution in [0.4, 0.5) is 13.2 Å². The summed E-state index contributed by atoms with van der Waals surface area (Å²) in [5.41, 5.74) is -0.390. The number of carbonyl (C=O) groups is 1. The topological polar surface area (TPSA) is 49.8 Å². The van der Waals surface area contributed by atoms with Crippen molar-refractivity contribution in [1.82, 2.24) is 4.90 Å². The fraction of sp³-hybridized carbons (Fsp3) is 0.632. The van der Waals surface area contributed by atoms with Gasteiger partial charge in [0.1, 0.15) is 5.75 Å². The maximum atomic E-state index is 13.0. The number of aliphatic hydroxyl groups excluding tert-OH is 1. The van der Waals surface area contributed by atoms with E-state index in [0.717, 1.165) is 18.6 Å². The molecule has 3 atom stereocenters. The maximum Gasteiger partial charge on any atom is 0.416 e. The molecule has 1 saturated carbocycles. The molecule has 1 fully saturated rings. The number of alkyl halides is 3. The van der Waals surface area contributed by atoms with E-state index in [0.29, 0.717) is 30.1 Å². The molecule has 3 rings (SSSR count). The van der Waals surface area contributed by atoms with Gasteiger partial charge in [0.15, 0.2) is 6.73 Å². The molecule has 0 spiro atoms. The van der Waals surface area contributed by atoms with E-state index in [-0.39, 0.29) is 31.0 Å². The Balaban J connectivity index is 1.79. The van der Waals surface area contributed by atoms with Crippen LogP contribution < -0.4 is 4.74 Å². The highest BCUT2D eigenvalue weighted by molar-refractivity contribution is 5.79. The van der Waals surface area contributed by atoms with Crippen LogP contribution in [-0.4, -0.2) is 28.7 Å². The molecule has 1 aromatic carbocycles. The van der Waals surface area contributed by atoms with Crippen LogP contribution in [0.3, 0.4) is 0 Å². The third kappa shape index (κ3) is 3.82. The summed E-state index contributed by atoms with van der Waals surface area (Å²) in [6.45, 7) is 4.23. The second-order valence-electron chi connectivity index (χ2n) is 7.61. The molecule has 1 amide bonds. The van der Waals surface area contributed by atoms with E-state index in [2.05, 4.69) is 13.8 Å². The van der Waals surface area contributed by atoms with Crippen LogP contribution in [0.1, 0.15) is 44.2 Å². The van der Waals surface area contributed by atoms with Gasteiger partial charge in [-0.1, -0.05) is 13.8 Å². The lowest BCUT2D eigenvalue weighted by molar-refractivity contribution is -0.146. The number of rotatable bonds is 2. The minimum atomic E-state index is -4.43. The van der Waals surface area contributed by atoms with Crippen LogP contribution in [0, 0.1) is 17.8 Å². The zero-order chi connectivity index (χ0) is 19.1. The third-order valence-electron chi connectivity index (χ3n) is 5.49. The first-order valence-electron chi connectivity index (χ1n) is 8.96. The Hall–Kier alpha value is -1.76. The maximum absolute atomic E-state index is 13.0.